The summed E-state index contributed by atoms with van der Waals surface area (Å²) in [6.45, 7) is 2.71. The lowest BCUT2D eigenvalue weighted by atomic mass is 10.1. The highest BCUT2D eigenvalue weighted by Crippen LogP contribution is 2.25. The van der Waals surface area contributed by atoms with Crippen LogP contribution in [-0.2, 0) is 17.8 Å². The summed E-state index contributed by atoms with van der Waals surface area (Å²) in [5, 5.41) is 3.92. The number of carbonyl (C=O) groups is 1. The molecular formula is C23H25FN4O2. The zero-order valence-electron chi connectivity index (χ0n) is 17.1. The Labute approximate surface area is 175 Å². The van der Waals surface area contributed by atoms with E-state index in [-0.39, 0.29) is 18.1 Å². The van der Waals surface area contributed by atoms with Crippen molar-refractivity contribution in [2.45, 2.75) is 32.2 Å². The molecule has 1 aliphatic rings. The minimum Gasteiger partial charge on any atom is -0.371 e. The zero-order valence-corrected chi connectivity index (χ0v) is 17.1. The number of para-hydroxylation sites is 1. The molecule has 0 unspecified atom stereocenters. The summed E-state index contributed by atoms with van der Waals surface area (Å²) in [5.41, 5.74) is 3.05. The SMILES string of the molecule is CN(Cc1ccccc1N1CCCC1)C(=O)CCc1nc(-c2ccc(F)cc2)no1. The molecule has 7 heteroatoms. The van der Waals surface area contributed by atoms with Gasteiger partial charge in [-0.2, -0.15) is 4.98 Å². The fourth-order valence-corrected chi connectivity index (χ4v) is 3.73. The lowest BCUT2D eigenvalue weighted by Gasteiger charge is -2.24. The second kappa shape index (κ2) is 9.07. The van der Waals surface area contributed by atoms with Gasteiger partial charge in [-0.15, -0.1) is 0 Å². The second-order valence-corrected chi connectivity index (χ2v) is 7.59. The number of amides is 1. The van der Waals surface area contributed by atoms with Gasteiger partial charge in [0.2, 0.25) is 17.6 Å². The van der Waals surface area contributed by atoms with Gasteiger partial charge in [-0.1, -0.05) is 23.4 Å². The van der Waals surface area contributed by atoms with Crippen LogP contribution in [0.15, 0.2) is 53.1 Å². The minimum atomic E-state index is -0.317. The Bertz CT molecular complexity index is 996. The standard InChI is InChI=1S/C23H25FN4O2/c1-27(16-18-6-2-3-7-20(18)28-14-4-5-15-28)22(29)13-12-21-25-23(26-30-21)17-8-10-19(24)11-9-17/h2-3,6-11H,4-5,12-16H2,1H3. The van der Waals surface area contributed by atoms with Gasteiger partial charge in [0.15, 0.2) is 0 Å². The number of carbonyl (C=O) groups excluding carboxylic acids is 1. The first-order valence-electron chi connectivity index (χ1n) is 10.3. The van der Waals surface area contributed by atoms with Crippen molar-refractivity contribution in [2.75, 3.05) is 25.0 Å². The number of hydrogen-bond donors (Lipinski definition) is 0. The highest BCUT2D eigenvalue weighted by atomic mass is 19.1. The van der Waals surface area contributed by atoms with Crippen molar-refractivity contribution >= 4 is 11.6 Å². The maximum Gasteiger partial charge on any atom is 0.227 e. The Hall–Kier alpha value is -3.22. The van der Waals surface area contributed by atoms with E-state index in [1.807, 2.05) is 19.2 Å². The maximum atomic E-state index is 13.1. The van der Waals surface area contributed by atoms with Gasteiger partial charge in [-0.05, 0) is 48.7 Å². The van der Waals surface area contributed by atoms with Gasteiger partial charge in [0.1, 0.15) is 5.82 Å². The van der Waals surface area contributed by atoms with Crippen molar-refractivity contribution in [1.29, 1.82) is 0 Å². The van der Waals surface area contributed by atoms with E-state index < -0.39 is 0 Å². The minimum absolute atomic E-state index is 0.0211. The van der Waals surface area contributed by atoms with Crippen LogP contribution in [-0.4, -0.2) is 41.1 Å². The molecule has 30 heavy (non-hydrogen) atoms. The smallest absolute Gasteiger partial charge is 0.227 e. The lowest BCUT2D eigenvalue weighted by Crippen LogP contribution is -2.28. The van der Waals surface area contributed by atoms with Gasteiger partial charge in [0, 0.05) is 50.8 Å². The number of aromatic nitrogens is 2. The van der Waals surface area contributed by atoms with Crippen LogP contribution in [0.3, 0.4) is 0 Å². The van der Waals surface area contributed by atoms with Crippen LogP contribution in [0.5, 0.6) is 0 Å². The molecule has 2 heterocycles. The summed E-state index contributed by atoms with van der Waals surface area (Å²) in [7, 11) is 1.82. The highest BCUT2D eigenvalue weighted by molar-refractivity contribution is 5.76. The van der Waals surface area contributed by atoms with Crippen molar-refractivity contribution in [3.05, 3.63) is 65.8 Å². The fraction of sp³-hybridized carbons (Fsp3) is 0.348. The van der Waals surface area contributed by atoms with Gasteiger partial charge < -0.3 is 14.3 Å². The quantitative estimate of drug-likeness (QED) is 0.590. The highest BCUT2D eigenvalue weighted by Gasteiger charge is 2.18. The van der Waals surface area contributed by atoms with Gasteiger partial charge in [0.25, 0.3) is 0 Å². The van der Waals surface area contributed by atoms with Crippen LogP contribution < -0.4 is 4.90 Å². The molecule has 0 bridgehead atoms. The van der Waals surface area contributed by atoms with Gasteiger partial charge in [0.05, 0.1) is 0 Å². The van der Waals surface area contributed by atoms with Crippen molar-refractivity contribution in [3.8, 4) is 11.4 Å². The van der Waals surface area contributed by atoms with Crippen LogP contribution in [0.25, 0.3) is 11.4 Å². The van der Waals surface area contributed by atoms with Crippen LogP contribution >= 0.6 is 0 Å². The van der Waals surface area contributed by atoms with Crippen LogP contribution in [0.2, 0.25) is 0 Å². The zero-order chi connectivity index (χ0) is 20.9. The topological polar surface area (TPSA) is 62.5 Å². The molecule has 1 amide bonds. The molecule has 0 spiro atoms. The Balaban J connectivity index is 1.34. The molecule has 1 aromatic heterocycles. The van der Waals surface area contributed by atoms with E-state index in [9.17, 15) is 9.18 Å². The normalized spacial score (nSPS) is 13.6. The Morgan fingerprint density at radius 2 is 1.87 bits per heavy atom. The molecule has 2 aromatic carbocycles. The summed E-state index contributed by atoms with van der Waals surface area (Å²) in [6.07, 6.45) is 3.08. The molecule has 3 aromatic rings. The Morgan fingerprint density at radius 3 is 2.63 bits per heavy atom. The largest absolute Gasteiger partial charge is 0.371 e. The maximum absolute atomic E-state index is 13.1. The van der Waals surface area contributed by atoms with Crippen LogP contribution in [0, 0.1) is 5.82 Å². The monoisotopic (exact) mass is 408 g/mol. The molecule has 1 fully saturated rings. The molecule has 0 aliphatic carbocycles. The molecule has 0 N–H and O–H groups in total. The van der Waals surface area contributed by atoms with Crippen molar-refractivity contribution in [3.63, 3.8) is 0 Å². The van der Waals surface area contributed by atoms with Gasteiger partial charge >= 0.3 is 0 Å². The van der Waals surface area contributed by atoms with E-state index in [1.165, 1.54) is 30.7 Å². The van der Waals surface area contributed by atoms with Gasteiger partial charge in [-0.25, -0.2) is 4.39 Å². The lowest BCUT2D eigenvalue weighted by molar-refractivity contribution is -0.130. The van der Waals surface area contributed by atoms with E-state index >= 15 is 0 Å². The van der Waals surface area contributed by atoms with E-state index in [2.05, 4.69) is 27.2 Å². The van der Waals surface area contributed by atoms with Crippen LogP contribution in [0.4, 0.5) is 10.1 Å². The first kappa shape index (κ1) is 20.1. The Kier molecular flexibility index (Phi) is 6.07. The van der Waals surface area contributed by atoms with E-state index in [0.717, 1.165) is 18.7 Å². The summed E-state index contributed by atoms with van der Waals surface area (Å²) in [6, 6.07) is 14.2. The second-order valence-electron chi connectivity index (χ2n) is 7.59. The predicted octanol–water partition coefficient (Wildman–Crippen LogP) is 4.07. The summed E-state index contributed by atoms with van der Waals surface area (Å²) in [4.78, 5) is 21.1. The average molecular weight is 408 g/mol. The van der Waals surface area contributed by atoms with Crippen molar-refractivity contribution in [2.24, 2.45) is 0 Å². The first-order chi connectivity index (χ1) is 14.6. The number of anilines is 1. The molecule has 1 saturated heterocycles. The third kappa shape index (κ3) is 4.67. The summed E-state index contributed by atoms with van der Waals surface area (Å²) >= 11 is 0. The number of aryl methyl sites for hydroxylation is 1. The number of rotatable bonds is 7. The Morgan fingerprint density at radius 1 is 1.13 bits per heavy atom. The molecule has 156 valence electrons. The summed E-state index contributed by atoms with van der Waals surface area (Å²) < 4.78 is 18.3. The van der Waals surface area contributed by atoms with Crippen molar-refractivity contribution in [1.82, 2.24) is 15.0 Å². The third-order valence-electron chi connectivity index (χ3n) is 5.39. The van der Waals surface area contributed by atoms with E-state index in [0.29, 0.717) is 30.2 Å². The number of hydrogen-bond acceptors (Lipinski definition) is 5. The number of benzene rings is 2. The fourth-order valence-electron chi connectivity index (χ4n) is 3.73. The average Bonchev–Trinajstić information content (AvgIpc) is 3.45. The third-order valence-corrected chi connectivity index (χ3v) is 5.39. The number of nitrogens with zero attached hydrogens (tertiary/aromatic N) is 4. The van der Waals surface area contributed by atoms with Crippen LogP contribution in [0.1, 0.15) is 30.7 Å². The molecular weight excluding hydrogens is 383 g/mol. The summed E-state index contributed by atoms with van der Waals surface area (Å²) in [5.74, 6) is 0.494. The molecule has 0 atom stereocenters. The molecule has 1 aliphatic heterocycles. The van der Waals surface area contributed by atoms with Gasteiger partial charge in [-0.3, -0.25) is 4.79 Å². The first-order valence-corrected chi connectivity index (χ1v) is 10.3. The molecule has 4 rings (SSSR count). The van der Waals surface area contributed by atoms with Crippen molar-refractivity contribution < 1.29 is 13.7 Å². The number of halogens is 1. The molecule has 6 nitrogen and oxygen atoms in total. The van der Waals surface area contributed by atoms with E-state index in [4.69, 9.17) is 4.52 Å². The molecule has 0 saturated carbocycles. The molecule has 0 radical (unpaired) electrons. The van der Waals surface area contributed by atoms with E-state index in [1.54, 1.807) is 17.0 Å². The predicted molar refractivity (Wildman–Crippen MR) is 112 cm³/mol.